The van der Waals surface area contributed by atoms with E-state index in [9.17, 15) is 0 Å². The van der Waals surface area contributed by atoms with Crippen LogP contribution in [0.4, 0.5) is 5.95 Å². The maximum atomic E-state index is 5.69. The van der Waals surface area contributed by atoms with Crippen LogP contribution < -0.4 is 5.32 Å². The standard InChI is InChI=1S/C11H18ClN3S/c1-16-7-5-3-2-4-6-13-11-14-8-10(12)9-15-11/h8-9H,2-7H2,1H3,(H,13,14,15). The predicted molar refractivity (Wildman–Crippen MR) is 72.4 cm³/mol. The molecule has 0 aliphatic heterocycles. The van der Waals surface area contributed by atoms with E-state index in [0.29, 0.717) is 11.0 Å². The third-order valence-corrected chi connectivity index (χ3v) is 3.07. The van der Waals surface area contributed by atoms with Gasteiger partial charge in [0.15, 0.2) is 0 Å². The molecule has 0 fully saturated rings. The van der Waals surface area contributed by atoms with E-state index in [-0.39, 0.29) is 0 Å². The first-order valence-electron chi connectivity index (χ1n) is 5.53. The van der Waals surface area contributed by atoms with E-state index in [2.05, 4.69) is 21.5 Å². The molecule has 3 nitrogen and oxygen atoms in total. The molecule has 0 atom stereocenters. The predicted octanol–water partition coefficient (Wildman–Crippen LogP) is 3.47. The second-order valence-electron chi connectivity index (χ2n) is 3.56. The van der Waals surface area contributed by atoms with Gasteiger partial charge in [-0.3, -0.25) is 0 Å². The van der Waals surface area contributed by atoms with Crippen LogP contribution in [0, 0.1) is 0 Å². The third-order valence-electron chi connectivity index (χ3n) is 2.18. The van der Waals surface area contributed by atoms with E-state index in [4.69, 9.17) is 11.6 Å². The number of aromatic nitrogens is 2. The van der Waals surface area contributed by atoms with Crippen molar-refractivity contribution in [1.29, 1.82) is 0 Å². The van der Waals surface area contributed by atoms with Crippen molar-refractivity contribution >= 4 is 29.3 Å². The summed E-state index contributed by atoms with van der Waals surface area (Å²) < 4.78 is 0. The molecule has 1 aromatic heterocycles. The molecule has 1 heterocycles. The average molecular weight is 260 g/mol. The van der Waals surface area contributed by atoms with Crippen LogP contribution in [0.1, 0.15) is 25.7 Å². The summed E-state index contributed by atoms with van der Waals surface area (Å²) in [5.41, 5.74) is 0. The molecule has 0 amide bonds. The number of hydrogen-bond acceptors (Lipinski definition) is 4. The van der Waals surface area contributed by atoms with Crippen molar-refractivity contribution in [3.63, 3.8) is 0 Å². The summed E-state index contributed by atoms with van der Waals surface area (Å²) in [4.78, 5) is 8.14. The largest absolute Gasteiger partial charge is 0.354 e. The van der Waals surface area contributed by atoms with Gasteiger partial charge in [0.05, 0.1) is 17.4 Å². The van der Waals surface area contributed by atoms with Crippen LogP contribution in [0.3, 0.4) is 0 Å². The van der Waals surface area contributed by atoms with Gasteiger partial charge in [0.1, 0.15) is 0 Å². The van der Waals surface area contributed by atoms with Gasteiger partial charge in [-0.15, -0.1) is 0 Å². The molecule has 0 saturated carbocycles. The molecule has 90 valence electrons. The highest BCUT2D eigenvalue weighted by Gasteiger charge is 1.95. The number of hydrogen-bond donors (Lipinski definition) is 1. The maximum Gasteiger partial charge on any atom is 0.222 e. The van der Waals surface area contributed by atoms with E-state index < -0.39 is 0 Å². The number of halogens is 1. The van der Waals surface area contributed by atoms with Crippen molar-refractivity contribution in [3.8, 4) is 0 Å². The summed E-state index contributed by atoms with van der Waals surface area (Å²) in [6.07, 6.45) is 10.4. The number of nitrogens with zero attached hydrogens (tertiary/aromatic N) is 2. The highest BCUT2D eigenvalue weighted by Crippen LogP contribution is 2.07. The zero-order valence-electron chi connectivity index (χ0n) is 9.58. The van der Waals surface area contributed by atoms with Crippen LogP contribution in [0.25, 0.3) is 0 Å². The Labute approximate surface area is 106 Å². The fourth-order valence-corrected chi connectivity index (χ4v) is 1.92. The Balaban J connectivity index is 2.01. The molecule has 0 unspecified atom stereocenters. The summed E-state index contributed by atoms with van der Waals surface area (Å²) in [5.74, 6) is 1.93. The van der Waals surface area contributed by atoms with Crippen molar-refractivity contribution in [2.24, 2.45) is 0 Å². The molecule has 0 aromatic carbocycles. The lowest BCUT2D eigenvalue weighted by atomic mass is 10.2. The lowest BCUT2D eigenvalue weighted by Crippen LogP contribution is -2.04. The summed E-state index contributed by atoms with van der Waals surface area (Å²) in [6.45, 7) is 0.931. The third kappa shape index (κ3) is 6.18. The van der Waals surface area contributed by atoms with Gasteiger partial charge in [0.2, 0.25) is 5.95 Å². The zero-order chi connectivity index (χ0) is 11.6. The maximum absolute atomic E-state index is 5.69. The van der Waals surface area contributed by atoms with Crippen LogP contribution in [0.2, 0.25) is 5.02 Å². The molecule has 0 aliphatic rings. The summed E-state index contributed by atoms with van der Waals surface area (Å²) >= 11 is 7.60. The van der Waals surface area contributed by atoms with E-state index in [1.807, 2.05) is 11.8 Å². The normalized spacial score (nSPS) is 10.4. The van der Waals surface area contributed by atoms with Crippen LogP contribution >= 0.6 is 23.4 Å². The Morgan fingerprint density at radius 2 is 1.88 bits per heavy atom. The molecule has 5 heteroatoms. The number of unbranched alkanes of at least 4 members (excludes halogenated alkanes) is 3. The Morgan fingerprint density at radius 1 is 1.19 bits per heavy atom. The number of rotatable bonds is 8. The van der Waals surface area contributed by atoms with Gasteiger partial charge in [0.25, 0.3) is 0 Å². The second-order valence-corrected chi connectivity index (χ2v) is 4.98. The highest BCUT2D eigenvalue weighted by atomic mass is 35.5. The SMILES string of the molecule is CSCCCCCCNc1ncc(Cl)cn1. The first-order valence-corrected chi connectivity index (χ1v) is 7.30. The van der Waals surface area contributed by atoms with Crippen molar-refractivity contribution in [2.75, 3.05) is 23.9 Å². The van der Waals surface area contributed by atoms with Gasteiger partial charge < -0.3 is 5.32 Å². The lowest BCUT2D eigenvalue weighted by Gasteiger charge is -2.04. The fraction of sp³-hybridized carbons (Fsp3) is 0.636. The van der Waals surface area contributed by atoms with Crippen molar-refractivity contribution in [1.82, 2.24) is 9.97 Å². The van der Waals surface area contributed by atoms with Gasteiger partial charge in [-0.1, -0.05) is 24.4 Å². The summed E-state index contributed by atoms with van der Waals surface area (Å²) in [7, 11) is 0. The Bertz CT molecular complexity index is 279. The smallest absolute Gasteiger partial charge is 0.222 e. The monoisotopic (exact) mass is 259 g/mol. The number of anilines is 1. The Morgan fingerprint density at radius 3 is 2.56 bits per heavy atom. The van der Waals surface area contributed by atoms with Crippen LogP contribution in [-0.2, 0) is 0 Å². The fourth-order valence-electron chi connectivity index (χ4n) is 1.33. The topological polar surface area (TPSA) is 37.8 Å². The van der Waals surface area contributed by atoms with E-state index in [1.54, 1.807) is 12.4 Å². The highest BCUT2D eigenvalue weighted by molar-refractivity contribution is 7.98. The van der Waals surface area contributed by atoms with Crippen molar-refractivity contribution < 1.29 is 0 Å². The molecule has 1 N–H and O–H groups in total. The summed E-state index contributed by atoms with van der Waals surface area (Å²) in [6, 6.07) is 0. The van der Waals surface area contributed by atoms with Gasteiger partial charge >= 0.3 is 0 Å². The Kier molecular flexibility index (Phi) is 7.34. The number of nitrogens with one attached hydrogen (secondary N) is 1. The molecule has 0 saturated heterocycles. The van der Waals surface area contributed by atoms with E-state index in [1.165, 1.54) is 31.4 Å². The Hall–Kier alpha value is -0.480. The average Bonchev–Trinajstić information content (AvgIpc) is 2.30. The molecule has 16 heavy (non-hydrogen) atoms. The van der Waals surface area contributed by atoms with Gasteiger partial charge in [0, 0.05) is 6.54 Å². The van der Waals surface area contributed by atoms with E-state index >= 15 is 0 Å². The quantitative estimate of drug-likeness (QED) is 0.726. The first-order chi connectivity index (χ1) is 7.83. The molecule has 0 aliphatic carbocycles. The lowest BCUT2D eigenvalue weighted by molar-refractivity contribution is 0.687. The van der Waals surface area contributed by atoms with Crippen molar-refractivity contribution in [3.05, 3.63) is 17.4 Å². The first kappa shape index (κ1) is 13.6. The molecular weight excluding hydrogens is 242 g/mol. The van der Waals surface area contributed by atoms with Gasteiger partial charge in [-0.2, -0.15) is 11.8 Å². The minimum absolute atomic E-state index is 0.572. The number of thioether (sulfide) groups is 1. The summed E-state index contributed by atoms with van der Waals surface area (Å²) in [5, 5.41) is 3.75. The zero-order valence-corrected chi connectivity index (χ0v) is 11.2. The molecule has 1 aromatic rings. The minimum Gasteiger partial charge on any atom is -0.354 e. The minimum atomic E-state index is 0.572. The van der Waals surface area contributed by atoms with Crippen molar-refractivity contribution in [2.45, 2.75) is 25.7 Å². The van der Waals surface area contributed by atoms with Crippen LogP contribution in [0.15, 0.2) is 12.4 Å². The molecule has 1 rings (SSSR count). The van der Waals surface area contributed by atoms with Gasteiger partial charge in [-0.25, -0.2) is 9.97 Å². The van der Waals surface area contributed by atoms with Gasteiger partial charge in [-0.05, 0) is 24.9 Å². The molecule has 0 spiro atoms. The molecule has 0 bridgehead atoms. The second kappa shape index (κ2) is 8.65. The van der Waals surface area contributed by atoms with E-state index in [0.717, 1.165) is 6.54 Å². The van der Waals surface area contributed by atoms with Crippen LogP contribution in [0.5, 0.6) is 0 Å². The molecule has 0 radical (unpaired) electrons. The molecular formula is C11H18ClN3S. The van der Waals surface area contributed by atoms with Crippen LogP contribution in [-0.4, -0.2) is 28.5 Å².